The number of hydrogen-bond donors (Lipinski definition) is 2. The van der Waals surface area contributed by atoms with Crippen molar-refractivity contribution in [2.75, 3.05) is 13.2 Å². The van der Waals surface area contributed by atoms with Gasteiger partial charge in [0.25, 0.3) is 0 Å². The lowest BCUT2D eigenvalue weighted by Crippen LogP contribution is -2.26. The van der Waals surface area contributed by atoms with Crippen LogP contribution in [-0.2, 0) is 11.3 Å². The number of halogens is 1. The van der Waals surface area contributed by atoms with E-state index >= 15 is 0 Å². The van der Waals surface area contributed by atoms with Gasteiger partial charge in [-0.25, -0.2) is 0 Å². The van der Waals surface area contributed by atoms with Crippen molar-refractivity contribution in [3.63, 3.8) is 0 Å². The van der Waals surface area contributed by atoms with Crippen LogP contribution in [0.4, 0.5) is 0 Å². The lowest BCUT2D eigenvalue weighted by molar-refractivity contribution is -0.121. The number of nitrogens with one attached hydrogen (secondary N) is 2. The molecule has 0 aliphatic heterocycles. The molecule has 0 spiro atoms. The summed E-state index contributed by atoms with van der Waals surface area (Å²) in [6.45, 7) is 3.99. The molecular formula is C15H21ClN2O2. The van der Waals surface area contributed by atoms with E-state index in [4.69, 9.17) is 16.3 Å². The van der Waals surface area contributed by atoms with Gasteiger partial charge in [-0.15, -0.1) is 0 Å². The van der Waals surface area contributed by atoms with Crippen molar-refractivity contribution < 1.29 is 9.53 Å². The molecule has 0 aromatic heterocycles. The second kappa shape index (κ2) is 7.50. The number of carbonyl (C=O) groups excluding carboxylic acids is 1. The maximum Gasteiger partial charge on any atom is 0.223 e. The van der Waals surface area contributed by atoms with E-state index in [0.29, 0.717) is 36.4 Å². The van der Waals surface area contributed by atoms with E-state index < -0.39 is 0 Å². The van der Waals surface area contributed by atoms with Crippen LogP contribution in [0.5, 0.6) is 5.75 Å². The molecule has 1 saturated carbocycles. The van der Waals surface area contributed by atoms with Crippen molar-refractivity contribution in [1.29, 1.82) is 0 Å². The Bertz CT molecular complexity index is 461. The number of benzene rings is 1. The summed E-state index contributed by atoms with van der Waals surface area (Å²) < 4.78 is 5.70. The van der Waals surface area contributed by atoms with Gasteiger partial charge in [-0.05, 0) is 25.5 Å². The summed E-state index contributed by atoms with van der Waals surface area (Å²) in [6.07, 6.45) is 2.57. The van der Waals surface area contributed by atoms with Crippen LogP contribution in [0, 0.1) is 0 Å². The normalized spacial score (nSPS) is 14.1. The Labute approximate surface area is 124 Å². The van der Waals surface area contributed by atoms with Crippen molar-refractivity contribution in [2.24, 2.45) is 0 Å². The number of para-hydroxylation sites is 1. The standard InChI is InChI=1S/C15H21ClN2O2/c1-2-17-10-11-4-3-5-13(16)15(11)20-9-8-14(19)18-12-6-7-12/h3-5,12,17H,2,6-10H2,1H3,(H,18,19). The summed E-state index contributed by atoms with van der Waals surface area (Å²) in [7, 11) is 0. The molecule has 4 nitrogen and oxygen atoms in total. The monoisotopic (exact) mass is 296 g/mol. The lowest BCUT2D eigenvalue weighted by atomic mass is 10.2. The minimum Gasteiger partial charge on any atom is -0.491 e. The Kier molecular flexibility index (Phi) is 5.68. The van der Waals surface area contributed by atoms with E-state index in [0.717, 1.165) is 24.9 Å². The van der Waals surface area contributed by atoms with Crippen molar-refractivity contribution >= 4 is 17.5 Å². The van der Waals surface area contributed by atoms with Crippen LogP contribution in [0.2, 0.25) is 5.02 Å². The average Bonchev–Trinajstić information content (AvgIpc) is 3.22. The second-order valence-electron chi connectivity index (χ2n) is 4.95. The molecule has 1 fully saturated rings. The van der Waals surface area contributed by atoms with Gasteiger partial charge in [0.1, 0.15) is 5.75 Å². The van der Waals surface area contributed by atoms with Crippen LogP contribution in [-0.4, -0.2) is 25.1 Å². The fraction of sp³-hybridized carbons (Fsp3) is 0.533. The molecule has 5 heteroatoms. The molecule has 2 N–H and O–H groups in total. The van der Waals surface area contributed by atoms with Gasteiger partial charge in [0.15, 0.2) is 0 Å². The van der Waals surface area contributed by atoms with Gasteiger partial charge in [0.05, 0.1) is 18.1 Å². The molecular weight excluding hydrogens is 276 g/mol. The quantitative estimate of drug-likeness (QED) is 0.775. The summed E-state index contributed by atoms with van der Waals surface area (Å²) in [4.78, 5) is 11.6. The van der Waals surface area contributed by atoms with Gasteiger partial charge in [-0.3, -0.25) is 4.79 Å². The number of carbonyl (C=O) groups is 1. The van der Waals surface area contributed by atoms with E-state index in [1.54, 1.807) is 6.07 Å². The summed E-state index contributed by atoms with van der Waals surface area (Å²) in [5.41, 5.74) is 1.02. The smallest absolute Gasteiger partial charge is 0.223 e. The predicted octanol–water partition coefficient (Wildman–Crippen LogP) is 2.50. The van der Waals surface area contributed by atoms with Gasteiger partial charge < -0.3 is 15.4 Å². The zero-order valence-corrected chi connectivity index (χ0v) is 12.5. The Morgan fingerprint density at radius 2 is 2.25 bits per heavy atom. The maximum atomic E-state index is 11.6. The molecule has 110 valence electrons. The van der Waals surface area contributed by atoms with E-state index in [-0.39, 0.29) is 5.91 Å². The molecule has 1 aromatic rings. The number of ether oxygens (including phenoxy) is 1. The molecule has 0 radical (unpaired) electrons. The number of rotatable bonds is 8. The van der Waals surface area contributed by atoms with Crippen LogP contribution in [0.3, 0.4) is 0 Å². The average molecular weight is 297 g/mol. The van der Waals surface area contributed by atoms with Crippen molar-refractivity contribution in [3.8, 4) is 5.75 Å². The summed E-state index contributed by atoms with van der Waals surface area (Å²) >= 11 is 6.16. The Hall–Kier alpha value is -1.26. The topological polar surface area (TPSA) is 50.4 Å². The third-order valence-electron chi connectivity index (χ3n) is 3.13. The maximum absolute atomic E-state index is 11.6. The number of hydrogen-bond acceptors (Lipinski definition) is 3. The molecule has 1 aromatic carbocycles. The van der Waals surface area contributed by atoms with Crippen LogP contribution in [0.1, 0.15) is 31.7 Å². The van der Waals surface area contributed by atoms with Crippen LogP contribution in [0.15, 0.2) is 18.2 Å². The number of amides is 1. The van der Waals surface area contributed by atoms with Gasteiger partial charge >= 0.3 is 0 Å². The molecule has 1 aliphatic carbocycles. The first-order chi connectivity index (χ1) is 9.70. The fourth-order valence-electron chi connectivity index (χ4n) is 1.89. The molecule has 0 heterocycles. The SMILES string of the molecule is CCNCc1cccc(Cl)c1OCCC(=O)NC1CC1. The highest BCUT2D eigenvalue weighted by molar-refractivity contribution is 6.32. The van der Waals surface area contributed by atoms with Gasteiger partial charge in [0, 0.05) is 18.2 Å². The second-order valence-corrected chi connectivity index (χ2v) is 5.36. The van der Waals surface area contributed by atoms with Crippen LogP contribution >= 0.6 is 11.6 Å². The van der Waals surface area contributed by atoms with Gasteiger partial charge in [-0.2, -0.15) is 0 Å². The van der Waals surface area contributed by atoms with Crippen LogP contribution in [0.25, 0.3) is 0 Å². The fourth-order valence-corrected chi connectivity index (χ4v) is 2.14. The van der Waals surface area contributed by atoms with Crippen molar-refractivity contribution in [1.82, 2.24) is 10.6 Å². The first-order valence-electron chi connectivity index (χ1n) is 7.11. The van der Waals surface area contributed by atoms with Crippen molar-refractivity contribution in [3.05, 3.63) is 28.8 Å². The minimum absolute atomic E-state index is 0.0489. The molecule has 2 rings (SSSR count). The van der Waals surface area contributed by atoms with E-state index in [1.165, 1.54) is 0 Å². The highest BCUT2D eigenvalue weighted by Gasteiger charge is 2.23. The summed E-state index contributed by atoms with van der Waals surface area (Å²) in [5, 5.41) is 6.77. The molecule has 0 bridgehead atoms. The third kappa shape index (κ3) is 4.69. The Balaban J connectivity index is 1.85. The van der Waals surface area contributed by atoms with Crippen molar-refractivity contribution in [2.45, 2.75) is 38.8 Å². The molecule has 20 heavy (non-hydrogen) atoms. The van der Waals surface area contributed by atoms with Gasteiger partial charge in [-0.1, -0.05) is 30.7 Å². The molecule has 0 unspecified atom stereocenters. The molecule has 0 atom stereocenters. The highest BCUT2D eigenvalue weighted by atomic mass is 35.5. The van der Waals surface area contributed by atoms with E-state index in [1.807, 2.05) is 19.1 Å². The molecule has 1 amide bonds. The molecule has 0 saturated heterocycles. The van der Waals surface area contributed by atoms with Gasteiger partial charge in [0.2, 0.25) is 5.91 Å². The molecule has 1 aliphatic rings. The van der Waals surface area contributed by atoms with E-state index in [2.05, 4.69) is 10.6 Å². The van der Waals surface area contributed by atoms with Crippen LogP contribution < -0.4 is 15.4 Å². The summed E-state index contributed by atoms with van der Waals surface area (Å²) in [6, 6.07) is 6.08. The predicted molar refractivity (Wildman–Crippen MR) is 80.1 cm³/mol. The lowest BCUT2D eigenvalue weighted by Gasteiger charge is -2.13. The zero-order chi connectivity index (χ0) is 14.4. The third-order valence-corrected chi connectivity index (χ3v) is 3.43. The minimum atomic E-state index is 0.0489. The zero-order valence-electron chi connectivity index (χ0n) is 11.7. The highest BCUT2D eigenvalue weighted by Crippen LogP contribution is 2.28. The largest absolute Gasteiger partial charge is 0.491 e. The van der Waals surface area contributed by atoms with E-state index in [9.17, 15) is 4.79 Å². The summed E-state index contributed by atoms with van der Waals surface area (Å²) in [5.74, 6) is 0.724. The Morgan fingerprint density at radius 3 is 2.95 bits per heavy atom. The first-order valence-corrected chi connectivity index (χ1v) is 7.48. The Morgan fingerprint density at radius 1 is 1.45 bits per heavy atom. The first kappa shape index (κ1) is 15.1.